The van der Waals surface area contributed by atoms with E-state index in [9.17, 15) is 4.79 Å². The fourth-order valence-corrected chi connectivity index (χ4v) is 2.57. The molecule has 0 bridgehead atoms. The molecule has 28 heavy (non-hydrogen) atoms. The first-order valence-electron chi connectivity index (χ1n) is 9.53. The fraction of sp³-hybridized carbons (Fsp3) is 0.364. The van der Waals surface area contributed by atoms with Crippen molar-refractivity contribution in [2.24, 2.45) is 4.99 Å². The van der Waals surface area contributed by atoms with E-state index in [1.807, 2.05) is 54.6 Å². The number of para-hydroxylation sites is 1. The third-order valence-electron chi connectivity index (χ3n) is 4.17. The highest BCUT2D eigenvalue weighted by atomic mass is 16.5. The van der Waals surface area contributed by atoms with Gasteiger partial charge in [-0.05, 0) is 42.7 Å². The second-order valence-corrected chi connectivity index (χ2v) is 6.62. The summed E-state index contributed by atoms with van der Waals surface area (Å²) >= 11 is 0. The lowest BCUT2D eigenvalue weighted by Gasteiger charge is -2.13. The van der Waals surface area contributed by atoms with Gasteiger partial charge in [0.15, 0.2) is 5.96 Å². The second kappa shape index (κ2) is 11.6. The van der Waals surface area contributed by atoms with E-state index in [1.54, 1.807) is 26.0 Å². The van der Waals surface area contributed by atoms with Crippen LogP contribution in [0.15, 0.2) is 59.6 Å². The van der Waals surface area contributed by atoms with Crippen LogP contribution in [0.25, 0.3) is 0 Å². The van der Waals surface area contributed by atoms with Crippen molar-refractivity contribution in [3.05, 3.63) is 65.7 Å². The van der Waals surface area contributed by atoms with Crippen LogP contribution < -0.4 is 15.4 Å². The van der Waals surface area contributed by atoms with Gasteiger partial charge in [-0.1, -0.05) is 30.3 Å². The van der Waals surface area contributed by atoms with E-state index in [4.69, 9.17) is 4.74 Å². The van der Waals surface area contributed by atoms with Crippen LogP contribution in [-0.2, 0) is 6.54 Å². The van der Waals surface area contributed by atoms with Gasteiger partial charge in [-0.3, -0.25) is 9.79 Å². The molecule has 0 heterocycles. The van der Waals surface area contributed by atoms with Crippen molar-refractivity contribution in [3.8, 4) is 5.75 Å². The Morgan fingerprint density at radius 1 is 1.00 bits per heavy atom. The van der Waals surface area contributed by atoms with Crippen molar-refractivity contribution in [2.45, 2.75) is 19.4 Å². The first kappa shape index (κ1) is 21.3. The van der Waals surface area contributed by atoms with Crippen LogP contribution >= 0.6 is 0 Å². The normalized spacial score (nSPS) is 11.0. The van der Waals surface area contributed by atoms with Crippen molar-refractivity contribution >= 4 is 11.9 Å². The molecule has 2 aromatic rings. The van der Waals surface area contributed by atoms with Gasteiger partial charge in [0.2, 0.25) is 0 Å². The summed E-state index contributed by atoms with van der Waals surface area (Å²) in [5, 5.41) is 6.59. The quantitative estimate of drug-likeness (QED) is 0.398. The number of nitrogens with zero attached hydrogens (tertiary/aromatic N) is 2. The number of aliphatic imine (C=N–C) groups is 1. The molecule has 0 aromatic heterocycles. The molecule has 0 aliphatic carbocycles. The standard InChI is InChI=1S/C22H30N4O2/c1-23-22(24-15-7-8-16-28-20-9-5-4-6-10-20)25-17-18-11-13-19(14-12-18)21(27)26(2)3/h4-6,9-14H,7-8,15-17H2,1-3H3,(H2,23,24,25). The topological polar surface area (TPSA) is 66.0 Å². The van der Waals surface area contributed by atoms with Gasteiger partial charge in [-0.2, -0.15) is 0 Å². The summed E-state index contributed by atoms with van der Waals surface area (Å²) in [5.41, 5.74) is 1.78. The molecule has 0 unspecified atom stereocenters. The van der Waals surface area contributed by atoms with Crippen LogP contribution in [0.5, 0.6) is 5.75 Å². The van der Waals surface area contributed by atoms with Crippen LogP contribution in [0, 0.1) is 0 Å². The minimum Gasteiger partial charge on any atom is -0.494 e. The van der Waals surface area contributed by atoms with Gasteiger partial charge in [0.1, 0.15) is 5.75 Å². The molecule has 1 amide bonds. The average molecular weight is 383 g/mol. The molecule has 2 rings (SSSR count). The molecule has 0 aliphatic heterocycles. The Morgan fingerprint density at radius 2 is 1.71 bits per heavy atom. The zero-order valence-corrected chi connectivity index (χ0v) is 16.9. The summed E-state index contributed by atoms with van der Waals surface area (Å²) in [4.78, 5) is 17.7. The van der Waals surface area contributed by atoms with Gasteiger partial charge in [0, 0.05) is 39.8 Å². The third kappa shape index (κ3) is 7.31. The first-order chi connectivity index (χ1) is 13.6. The van der Waals surface area contributed by atoms with Crippen molar-refractivity contribution < 1.29 is 9.53 Å². The second-order valence-electron chi connectivity index (χ2n) is 6.62. The molecule has 0 saturated heterocycles. The molecule has 6 heteroatoms. The van der Waals surface area contributed by atoms with E-state index in [1.165, 1.54) is 0 Å². The Labute approximate surface area is 167 Å². The van der Waals surface area contributed by atoms with Crippen molar-refractivity contribution in [3.63, 3.8) is 0 Å². The van der Waals surface area contributed by atoms with Crippen molar-refractivity contribution in [1.29, 1.82) is 0 Å². The van der Waals surface area contributed by atoms with Crippen LogP contribution in [0.4, 0.5) is 0 Å². The number of ether oxygens (including phenoxy) is 1. The van der Waals surface area contributed by atoms with Gasteiger partial charge >= 0.3 is 0 Å². The van der Waals surface area contributed by atoms with Gasteiger partial charge in [0.05, 0.1) is 6.61 Å². The van der Waals surface area contributed by atoms with E-state index < -0.39 is 0 Å². The minimum atomic E-state index is 0.00762. The molecular weight excluding hydrogens is 352 g/mol. The third-order valence-corrected chi connectivity index (χ3v) is 4.17. The van der Waals surface area contributed by atoms with Gasteiger partial charge < -0.3 is 20.3 Å². The highest BCUT2D eigenvalue weighted by Gasteiger charge is 2.07. The Kier molecular flexibility index (Phi) is 8.85. The number of guanidine groups is 1. The lowest BCUT2D eigenvalue weighted by Crippen LogP contribution is -2.37. The maximum Gasteiger partial charge on any atom is 0.253 e. The molecule has 150 valence electrons. The van der Waals surface area contributed by atoms with Crippen molar-refractivity contribution in [2.75, 3.05) is 34.3 Å². The number of rotatable bonds is 9. The van der Waals surface area contributed by atoms with Gasteiger partial charge in [-0.15, -0.1) is 0 Å². The van der Waals surface area contributed by atoms with Gasteiger partial charge in [0.25, 0.3) is 5.91 Å². The molecule has 2 aromatic carbocycles. The summed E-state index contributed by atoms with van der Waals surface area (Å²) in [7, 11) is 5.26. The SMILES string of the molecule is CN=C(NCCCCOc1ccccc1)NCc1ccc(C(=O)N(C)C)cc1. The molecule has 0 aliphatic rings. The number of benzene rings is 2. The minimum absolute atomic E-state index is 0.00762. The van der Waals surface area contributed by atoms with Crippen LogP contribution in [0.3, 0.4) is 0 Å². The summed E-state index contributed by atoms with van der Waals surface area (Å²) in [6.07, 6.45) is 1.97. The Hall–Kier alpha value is -3.02. The van der Waals surface area contributed by atoms with E-state index in [-0.39, 0.29) is 5.91 Å². The molecule has 0 radical (unpaired) electrons. The largest absolute Gasteiger partial charge is 0.494 e. The molecule has 0 atom stereocenters. The summed E-state index contributed by atoms with van der Waals surface area (Å²) in [6.45, 7) is 2.18. The van der Waals surface area contributed by atoms with Crippen LogP contribution in [0.2, 0.25) is 0 Å². The summed E-state index contributed by atoms with van der Waals surface area (Å²) in [5.74, 6) is 1.68. The Bertz CT molecular complexity index is 743. The lowest BCUT2D eigenvalue weighted by atomic mass is 10.1. The van der Waals surface area contributed by atoms with E-state index in [2.05, 4.69) is 15.6 Å². The van der Waals surface area contributed by atoms with Crippen molar-refractivity contribution in [1.82, 2.24) is 15.5 Å². The van der Waals surface area contributed by atoms with Gasteiger partial charge in [-0.25, -0.2) is 0 Å². The maximum absolute atomic E-state index is 11.9. The molecule has 2 N–H and O–H groups in total. The summed E-state index contributed by atoms with van der Waals surface area (Å²) in [6, 6.07) is 17.5. The monoisotopic (exact) mass is 382 g/mol. The number of carbonyl (C=O) groups excluding carboxylic acids is 1. The Morgan fingerprint density at radius 3 is 2.36 bits per heavy atom. The van der Waals surface area contributed by atoms with E-state index in [0.29, 0.717) is 18.7 Å². The van der Waals surface area contributed by atoms with E-state index >= 15 is 0 Å². The number of nitrogens with one attached hydrogen (secondary N) is 2. The Balaban J connectivity index is 1.64. The van der Waals surface area contributed by atoms with Crippen LogP contribution in [0.1, 0.15) is 28.8 Å². The first-order valence-corrected chi connectivity index (χ1v) is 9.53. The number of hydrogen-bond donors (Lipinski definition) is 2. The van der Waals surface area contributed by atoms with E-state index in [0.717, 1.165) is 36.7 Å². The molecule has 0 saturated carbocycles. The molecular formula is C22H30N4O2. The number of unbranched alkanes of at least 4 members (excludes halogenated alkanes) is 1. The lowest BCUT2D eigenvalue weighted by molar-refractivity contribution is 0.0827. The zero-order valence-electron chi connectivity index (χ0n) is 16.9. The summed E-state index contributed by atoms with van der Waals surface area (Å²) < 4.78 is 5.69. The molecule has 6 nitrogen and oxygen atoms in total. The maximum atomic E-state index is 11.9. The molecule has 0 fully saturated rings. The fourth-order valence-electron chi connectivity index (χ4n) is 2.57. The predicted molar refractivity (Wildman–Crippen MR) is 114 cm³/mol. The highest BCUT2D eigenvalue weighted by molar-refractivity contribution is 5.93. The average Bonchev–Trinajstić information content (AvgIpc) is 2.73. The highest BCUT2D eigenvalue weighted by Crippen LogP contribution is 2.09. The smallest absolute Gasteiger partial charge is 0.253 e. The van der Waals surface area contributed by atoms with Crippen LogP contribution in [-0.4, -0.2) is 51.1 Å². The predicted octanol–water partition coefficient (Wildman–Crippen LogP) is 2.91. The number of hydrogen-bond acceptors (Lipinski definition) is 3. The zero-order chi connectivity index (χ0) is 20.2. The molecule has 0 spiro atoms. The number of carbonyl (C=O) groups is 1. The number of amides is 1.